The van der Waals surface area contributed by atoms with Crippen LogP contribution in [-0.2, 0) is 11.2 Å². The van der Waals surface area contributed by atoms with E-state index in [4.69, 9.17) is 5.41 Å². The molecule has 2 aliphatic rings. The van der Waals surface area contributed by atoms with E-state index in [1.807, 2.05) is 36.4 Å². The van der Waals surface area contributed by atoms with Crippen molar-refractivity contribution in [2.75, 3.05) is 31.5 Å². The van der Waals surface area contributed by atoms with Gasteiger partial charge in [-0.1, -0.05) is 60.7 Å². The summed E-state index contributed by atoms with van der Waals surface area (Å²) in [6.07, 6.45) is 3.68. The Morgan fingerprint density at radius 3 is 2.49 bits per heavy atom. The second-order valence-corrected chi connectivity index (χ2v) is 9.42. The molecule has 4 N–H and O–H groups in total. The zero-order valence-corrected chi connectivity index (χ0v) is 20.0. The van der Waals surface area contributed by atoms with Crippen molar-refractivity contribution in [3.05, 3.63) is 89.5 Å². The van der Waals surface area contributed by atoms with Gasteiger partial charge in [-0.25, -0.2) is 0 Å². The molecule has 1 aliphatic carbocycles. The molecule has 6 heteroatoms. The summed E-state index contributed by atoms with van der Waals surface area (Å²) in [5.41, 5.74) is 7.02. The quantitative estimate of drug-likeness (QED) is 0.227. The average molecular weight is 468 g/mol. The van der Waals surface area contributed by atoms with Gasteiger partial charge in [-0.05, 0) is 72.3 Å². The molecule has 6 nitrogen and oxygen atoms in total. The van der Waals surface area contributed by atoms with Crippen molar-refractivity contribution >= 4 is 17.6 Å². The molecule has 35 heavy (non-hydrogen) atoms. The molecule has 0 aromatic heterocycles. The van der Waals surface area contributed by atoms with Crippen LogP contribution in [0.5, 0.6) is 0 Å². The summed E-state index contributed by atoms with van der Waals surface area (Å²) in [7, 11) is 0. The van der Waals surface area contributed by atoms with Crippen molar-refractivity contribution in [3.63, 3.8) is 0 Å². The van der Waals surface area contributed by atoms with Crippen molar-refractivity contribution in [2.24, 2.45) is 0 Å². The number of carbonyl (C=O) groups is 1. The van der Waals surface area contributed by atoms with Gasteiger partial charge in [0.15, 0.2) is 5.96 Å². The first-order chi connectivity index (χ1) is 17.2. The fourth-order valence-electron chi connectivity index (χ4n) is 5.13. The number of amides is 1. The number of likely N-dealkylation sites (tertiary alicyclic amines) is 1. The van der Waals surface area contributed by atoms with Crippen LogP contribution in [0, 0.1) is 5.41 Å². The summed E-state index contributed by atoms with van der Waals surface area (Å²) in [6, 6.07) is 24.3. The van der Waals surface area contributed by atoms with E-state index in [1.165, 1.54) is 35.1 Å². The van der Waals surface area contributed by atoms with Gasteiger partial charge in [0.2, 0.25) is 5.91 Å². The highest BCUT2D eigenvalue weighted by Gasteiger charge is 2.20. The summed E-state index contributed by atoms with van der Waals surface area (Å²) >= 11 is 0. The molecule has 0 saturated carbocycles. The number of hydrogen-bond acceptors (Lipinski definition) is 3. The van der Waals surface area contributed by atoms with Crippen LogP contribution < -0.4 is 16.0 Å². The zero-order valence-electron chi connectivity index (χ0n) is 20.0. The summed E-state index contributed by atoms with van der Waals surface area (Å²) in [4.78, 5) is 15.1. The SMILES string of the molecule is N=C(Nc1ccc2c(c1)Cc1ccccc1-2)NC(CC(=O)NCCN1CCCC1)c1ccccc1. The maximum absolute atomic E-state index is 12.7. The van der Waals surface area contributed by atoms with E-state index in [2.05, 4.69) is 57.2 Å². The van der Waals surface area contributed by atoms with Crippen LogP contribution in [-0.4, -0.2) is 42.9 Å². The second kappa shape index (κ2) is 10.7. The van der Waals surface area contributed by atoms with Crippen molar-refractivity contribution in [1.82, 2.24) is 15.5 Å². The molecular formula is C29H33N5O. The maximum Gasteiger partial charge on any atom is 0.222 e. The molecule has 0 bridgehead atoms. The Labute approximate surface area is 207 Å². The lowest BCUT2D eigenvalue weighted by atomic mass is 10.0. The van der Waals surface area contributed by atoms with Gasteiger partial charge in [0.25, 0.3) is 0 Å². The smallest absolute Gasteiger partial charge is 0.222 e. The number of guanidine groups is 1. The zero-order chi connectivity index (χ0) is 24.0. The predicted octanol–water partition coefficient (Wildman–Crippen LogP) is 4.54. The Bertz CT molecular complexity index is 1190. The van der Waals surface area contributed by atoms with Crippen molar-refractivity contribution < 1.29 is 4.79 Å². The molecule has 1 fully saturated rings. The van der Waals surface area contributed by atoms with Crippen LogP contribution in [0.15, 0.2) is 72.8 Å². The number of anilines is 1. The monoisotopic (exact) mass is 467 g/mol. The maximum atomic E-state index is 12.7. The summed E-state index contributed by atoms with van der Waals surface area (Å²) in [6.45, 7) is 3.81. The third-order valence-electron chi connectivity index (χ3n) is 6.92. The standard InChI is InChI=1S/C29H33N5O/c30-29(32-24-12-13-26-23(19-24)18-22-10-4-5-11-25(22)26)33-27(21-8-2-1-3-9-21)20-28(35)31-14-17-34-15-6-7-16-34/h1-5,8-13,19,27H,6-7,14-18,20H2,(H,31,35)(H3,30,32,33). The number of benzene rings is 3. The Hall–Kier alpha value is -3.64. The fraction of sp³-hybridized carbons (Fsp3) is 0.310. The van der Waals surface area contributed by atoms with E-state index in [-0.39, 0.29) is 24.3 Å². The predicted molar refractivity (Wildman–Crippen MR) is 142 cm³/mol. The van der Waals surface area contributed by atoms with Crippen molar-refractivity contribution in [1.29, 1.82) is 5.41 Å². The lowest BCUT2D eigenvalue weighted by molar-refractivity contribution is -0.121. The lowest BCUT2D eigenvalue weighted by Gasteiger charge is -2.22. The van der Waals surface area contributed by atoms with E-state index < -0.39 is 0 Å². The van der Waals surface area contributed by atoms with Crippen molar-refractivity contribution in [2.45, 2.75) is 31.7 Å². The van der Waals surface area contributed by atoms with Crippen LogP contribution in [0.25, 0.3) is 11.1 Å². The van der Waals surface area contributed by atoms with Gasteiger partial charge < -0.3 is 20.9 Å². The van der Waals surface area contributed by atoms with Crippen LogP contribution in [0.3, 0.4) is 0 Å². The minimum atomic E-state index is -0.290. The number of fused-ring (bicyclic) bond motifs is 3. The van der Waals surface area contributed by atoms with Crippen LogP contribution >= 0.6 is 0 Å². The van der Waals surface area contributed by atoms with Gasteiger partial charge >= 0.3 is 0 Å². The molecule has 1 atom stereocenters. The van der Waals surface area contributed by atoms with Crippen molar-refractivity contribution in [3.8, 4) is 11.1 Å². The molecular weight excluding hydrogens is 434 g/mol. The first-order valence-electron chi connectivity index (χ1n) is 12.5. The second-order valence-electron chi connectivity index (χ2n) is 9.42. The van der Waals surface area contributed by atoms with E-state index in [9.17, 15) is 4.79 Å². The topological polar surface area (TPSA) is 80.2 Å². The minimum Gasteiger partial charge on any atom is -0.355 e. The molecule has 5 rings (SSSR count). The highest BCUT2D eigenvalue weighted by atomic mass is 16.1. The van der Waals surface area contributed by atoms with Crippen LogP contribution in [0.2, 0.25) is 0 Å². The van der Waals surface area contributed by atoms with E-state index >= 15 is 0 Å². The number of nitrogens with zero attached hydrogens (tertiary/aromatic N) is 1. The Balaban J connectivity index is 1.20. The molecule has 180 valence electrons. The van der Waals surface area contributed by atoms with Gasteiger partial charge in [0, 0.05) is 18.8 Å². The highest BCUT2D eigenvalue weighted by molar-refractivity contribution is 5.93. The first kappa shape index (κ1) is 23.1. The van der Waals surface area contributed by atoms with Gasteiger partial charge in [-0.3, -0.25) is 10.2 Å². The van der Waals surface area contributed by atoms with Crippen LogP contribution in [0.4, 0.5) is 5.69 Å². The number of rotatable bonds is 8. The fourth-order valence-corrected chi connectivity index (χ4v) is 5.13. The molecule has 1 unspecified atom stereocenters. The van der Waals surface area contributed by atoms with Gasteiger partial charge in [0.05, 0.1) is 12.5 Å². The highest BCUT2D eigenvalue weighted by Crippen LogP contribution is 2.37. The van der Waals surface area contributed by atoms with Gasteiger partial charge in [0.1, 0.15) is 0 Å². The van der Waals surface area contributed by atoms with Crippen LogP contribution in [0.1, 0.15) is 42.0 Å². The van der Waals surface area contributed by atoms with E-state index in [0.717, 1.165) is 37.3 Å². The normalized spacial score (nSPS) is 15.2. The number of carbonyl (C=O) groups excluding carboxylic acids is 1. The Kier molecular flexibility index (Phi) is 7.09. The molecule has 0 spiro atoms. The molecule has 3 aromatic carbocycles. The molecule has 3 aromatic rings. The third-order valence-corrected chi connectivity index (χ3v) is 6.92. The lowest BCUT2D eigenvalue weighted by Crippen LogP contribution is -2.38. The van der Waals surface area contributed by atoms with E-state index in [0.29, 0.717) is 6.54 Å². The third kappa shape index (κ3) is 5.72. The molecule has 1 aliphatic heterocycles. The van der Waals surface area contributed by atoms with Gasteiger partial charge in [-0.2, -0.15) is 0 Å². The summed E-state index contributed by atoms with van der Waals surface area (Å²) in [5, 5.41) is 18.0. The largest absolute Gasteiger partial charge is 0.355 e. The Morgan fingerprint density at radius 2 is 1.66 bits per heavy atom. The summed E-state index contributed by atoms with van der Waals surface area (Å²) < 4.78 is 0. The molecule has 1 saturated heterocycles. The average Bonchev–Trinajstić information content (AvgIpc) is 3.51. The summed E-state index contributed by atoms with van der Waals surface area (Å²) in [5.74, 6) is 0.174. The van der Waals surface area contributed by atoms with Gasteiger partial charge in [-0.15, -0.1) is 0 Å². The first-order valence-corrected chi connectivity index (χ1v) is 12.5. The molecule has 1 amide bonds. The number of hydrogen-bond donors (Lipinski definition) is 4. The van der Waals surface area contributed by atoms with E-state index in [1.54, 1.807) is 0 Å². The Morgan fingerprint density at radius 1 is 0.914 bits per heavy atom. The number of nitrogens with one attached hydrogen (secondary N) is 4. The molecule has 0 radical (unpaired) electrons. The molecule has 1 heterocycles. The minimum absolute atomic E-state index is 0.00588.